The fourth-order valence-electron chi connectivity index (χ4n) is 6.92. The van der Waals surface area contributed by atoms with Crippen LogP contribution in [0.1, 0.15) is 232 Å². The molecule has 0 fully saturated rings. The Morgan fingerprint density at radius 3 is 1.07 bits per heavy atom. The van der Waals surface area contributed by atoms with Crippen LogP contribution in [0.15, 0.2) is 12.4 Å². The predicted octanol–water partition coefficient (Wildman–Crippen LogP) is 13.9. The average Bonchev–Trinajstić information content (AvgIpc) is 3.39. The van der Waals surface area contributed by atoms with E-state index in [-0.39, 0.29) is 0 Å². The zero-order valence-corrected chi connectivity index (χ0v) is 30.3. The van der Waals surface area contributed by atoms with Crippen molar-refractivity contribution < 1.29 is 4.57 Å². The van der Waals surface area contributed by atoms with Gasteiger partial charge in [0.2, 0.25) is 0 Å². The zero-order valence-electron chi connectivity index (χ0n) is 30.3. The summed E-state index contributed by atoms with van der Waals surface area (Å²) in [7, 11) is 0. The molecule has 0 unspecified atom stereocenters. The summed E-state index contributed by atoms with van der Waals surface area (Å²) in [4.78, 5) is 0. The van der Waals surface area contributed by atoms with Gasteiger partial charge in [0.15, 0.2) is 0 Å². The van der Waals surface area contributed by atoms with E-state index in [2.05, 4.69) is 42.3 Å². The maximum atomic E-state index is 2.60. The van der Waals surface area contributed by atoms with Crippen LogP contribution in [0.25, 0.3) is 0 Å². The summed E-state index contributed by atoms with van der Waals surface area (Å²) < 4.78 is 5.15. The average molecular weight is 602 g/mol. The maximum absolute atomic E-state index is 2.60. The Kier molecular flexibility index (Phi) is 30.5. The van der Waals surface area contributed by atoms with Crippen LogP contribution in [0.4, 0.5) is 0 Å². The van der Waals surface area contributed by atoms with E-state index in [4.69, 9.17) is 0 Å². The van der Waals surface area contributed by atoms with Crippen LogP contribution in [0.3, 0.4) is 0 Å². The van der Waals surface area contributed by atoms with Gasteiger partial charge >= 0.3 is 0 Å². The molecule has 0 saturated carbocycles. The van der Waals surface area contributed by atoms with E-state index in [0.29, 0.717) is 0 Å². The van der Waals surface area contributed by atoms with E-state index in [0.717, 1.165) is 0 Å². The van der Waals surface area contributed by atoms with Crippen molar-refractivity contribution in [2.24, 2.45) is 0 Å². The third-order valence-corrected chi connectivity index (χ3v) is 9.81. The van der Waals surface area contributed by atoms with Gasteiger partial charge in [-0.25, -0.2) is 9.13 Å². The number of aryl methyl sites for hydroxylation is 2. The van der Waals surface area contributed by atoms with Crippen molar-refractivity contribution in [3.8, 4) is 0 Å². The lowest BCUT2D eigenvalue weighted by atomic mass is 10.0. The van der Waals surface area contributed by atoms with Crippen LogP contribution in [0.5, 0.6) is 0 Å². The molecule has 43 heavy (non-hydrogen) atoms. The molecule has 2 nitrogen and oxygen atoms in total. The highest BCUT2D eigenvalue weighted by molar-refractivity contribution is 4.84. The first-order valence-corrected chi connectivity index (χ1v) is 20.4. The molecule has 0 radical (unpaired) electrons. The number of hydrogen-bond donors (Lipinski definition) is 0. The van der Waals surface area contributed by atoms with Crippen LogP contribution in [0.2, 0.25) is 0 Å². The van der Waals surface area contributed by atoms with Crippen molar-refractivity contribution in [3.63, 3.8) is 0 Å². The number of imidazole rings is 1. The summed E-state index contributed by atoms with van der Waals surface area (Å²) in [5.74, 6) is 1.59. The topological polar surface area (TPSA) is 8.81 Å². The minimum absolute atomic E-state index is 1.18. The lowest BCUT2D eigenvalue weighted by molar-refractivity contribution is -0.703. The van der Waals surface area contributed by atoms with Crippen molar-refractivity contribution >= 4 is 0 Å². The first-order valence-electron chi connectivity index (χ1n) is 20.4. The lowest BCUT2D eigenvalue weighted by Crippen LogP contribution is -2.37. The summed E-state index contributed by atoms with van der Waals surface area (Å²) in [6, 6.07) is 0. The second-order valence-corrected chi connectivity index (χ2v) is 14.1. The number of hydrogen-bond acceptors (Lipinski definition) is 0. The molecule has 0 amide bonds. The van der Waals surface area contributed by atoms with E-state index < -0.39 is 0 Å². The molecule has 0 atom stereocenters. The molecule has 1 aromatic rings. The van der Waals surface area contributed by atoms with E-state index in [1.807, 2.05) is 0 Å². The van der Waals surface area contributed by atoms with Crippen LogP contribution in [-0.2, 0) is 19.5 Å². The molecular formula is C41H81N2+. The van der Waals surface area contributed by atoms with Gasteiger partial charge in [-0.15, -0.1) is 0 Å². The maximum Gasteiger partial charge on any atom is 0.256 e. The zero-order chi connectivity index (χ0) is 30.9. The minimum atomic E-state index is 1.18. The van der Waals surface area contributed by atoms with E-state index in [1.54, 1.807) is 5.82 Å². The highest BCUT2D eigenvalue weighted by atomic mass is 15.1. The summed E-state index contributed by atoms with van der Waals surface area (Å²) in [6.45, 7) is 9.34. The van der Waals surface area contributed by atoms with Crippen LogP contribution in [-0.4, -0.2) is 4.57 Å². The van der Waals surface area contributed by atoms with Crippen molar-refractivity contribution in [1.29, 1.82) is 0 Å². The van der Waals surface area contributed by atoms with Crippen molar-refractivity contribution in [2.45, 2.75) is 246 Å². The first-order chi connectivity index (χ1) is 21.3. The van der Waals surface area contributed by atoms with Gasteiger partial charge in [-0.3, -0.25) is 0 Å². The summed E-state index contributed by atoms with van der Waals surface area (Å²) >= 11 is 0. The third-order valence-electron chi connectivity index (χ3n) is 9.81. The molecule has 1 aromatic heterocycles. The lowest BCUT2D eigenvalue weighted by Gasteiger charge is -2.06. The summed E-state index contributed by atoms with van der Waals surface area (Å²) in [5.41, 5.74) is 0. The fourth-order valence-corrected chi connectivity index (χ4v) is 6.92. The normalized spacial score (nSPS) is 11.6. The Labute approximate surface area is 272 Å². The Morgan fingerprint density at radius 1 is 0.395 bits per heavy atom. The Hall–Kier alpha value is -0.790. The smallest absolute Gasteiger partial charge is 0.234 e. The molecule has 1 rings (SSSR count). The number of aromatic nitrogens is 2. The molecular weight excluding hydrogens is 520 g/mol. The number of nitrogens with zero attached hydrogens (tertiary/aromatic N) is 2. The standard InChI is InChI=1S/C41H81N2/c1-4-7-9-11-13-15-17-19-21-22-23-25-27-29-31-33-35-38-43-40-39-42(37-6-3)41(43)36-34-32-30-28-26-24-20-18-16-14-12-10-8-5-2/h39-40H,4-38H2,1-3H3/q+1. The number of rotatable bonds is 35. The molecule has 1 heterocycles. The van der Waals surface area contributed by atoms with Crippen molar-refractivity contribution in [3.05, 3.63) is 18.2 Å². The molecule has 254 valence electrons. The summed E-state index contributed by atoms with van der Waals surface area (Å²) in [5, 5.41) is 0. The quantitative estimate of drug-likeness (QED) is 0.0540. The van der Waals surface area contributed by atoms with Gasteiger partial charge in [0, 0.05) is 6.42 Å². The Balaban J connectivity index is 2.00. The van der Waals surface area contributed by atoms with Crippen molar-refractivity contribution in [1.82, 2.24) is 4.57 Å². The van der Waals surface area contributed by atoms with E-state index in [9.17, 15) is 0 Å². The van der Waals surface area contributed by atoms with Gasteiger partial charge in [0.25, 0.3) is 5.82 Å². The molecule has 0 aliphatic heterocycles. The Morgan fingerprint density at radius 2 is 0.721 bits per heavy atom. The summed E-state index contributed by atoms with van der Waals surface area (Å²) in [6.07, 6.45) is 52.1. The second-order valence-electron chi connectivity index (χ2n) is 14.1. The molecule has 0 saturated heterocycles. The fraction of sp³-hybridized carbons (Fsp3) is 0.927. The molecule has 0 bridgehead atoms. The third kappa shape index (κ3) is 25.1. The minimum Gasteiger partial charge on any atom is -0.234 e. The number of unbranched alkanes of at least 4 members (excludes halogenated alkanes) is 29. The van der Waals surface area contributed by atoms with Gasteiger partial charge in [-0.1, -0.05) is 201 Å². The highest BCUT2D eigenvalue weighted by Gasteiger charge is 2.15. The largest absolute Gasteiger partial charge is 0.256 e. The molecule has 0 N–H and O–H groups in total. The van der Waals surface area contributed by atoms with Crippen LogP contribution < -0.4 is 4.57 Å². The van der Waals surface area contributed by atoms with Gasteiger partial charge in [-0.05, 0) is 25.7 Å². The van der Waals surface area contributed by atoms with Crippen LogP contribution in [0, 0.1) is 0 Å². The Bertz CT molecular complexity index is 663. The van der Waals surface area contributed by atoms with E-state index in [1.165, 1.54) is 225 Å². The molecule has 0 aliphatic rings. The predicted molar refractivity (Wildman–Crippen MR) is 193 cm³/mol. The molecule has 2 heteroatoms. The SMILES string of the molecule is CCCCCCCCCCCCCCCCCCCn1cc[n+](CCC)c1CCCCCCCCCCCCCCCC. The molecule has 0 aromatic carbocycles. The first kappa shape index (κ1) is 40.2. The van der Waals surface area contributed by atoms with Gasteiger partial charge in [0.05, 0.1) is 13.1 Å². The van der Waals surface area contributed by atoms with Crippen molar-refractivity contribution in [2.75, 3.05) is 0 Å². The second kappa shape index (κ2) is 32.6. The van der Waals surface area contributed by atoms with Gasteiger partial charge in [0.1, 0.15) is 12.4 Å². The van der Waals surface area contributed by atoms with Gasteiger partial charge < -0.3 is 0 Å². The van der Waals surface area contributed by atoms with E-state index >= 15 is 0 Å². The molecule has 0 spiro atoms. The van der Waals surface area contributed by atoms with Gasteiger partial charge in [-0.2, -0.15) is 0 Å². The van der Waals surface area contributed by atoms with Crippen LogP contribution >= 0.6 is 0 Å². The monoisotopic (exact) mass is 602 g/mol. The highest BCUT2D eigenvalue weighted by Crippen LogP contribution is 2.16. The molecule has 0 aliphatic carbocycles.